The average molecular weight is 416 g/mol. The van der Waals surface area contributed by atoms with Gasteiger partial charge in [0, 0.05) is 28.2 Å². The second kappa shape index (κ2) is 8.66. The van der Waals surface area contributed by atoms with Crippen LogP contribution in [0.3, 0.4) is 0 Å². The Hall–Kier alpha value is -2.35. The highest BCUT2D eigenvalue weighted by molar-refractivity contribution is 9.10. The number of alkyl halides is 2. The molecule has 0 saturated carbocycles. The molecule has 5 nitrogen and oxygen atoms in total. The number of nitrogens with one attached hydrogen (secondary N) is 1. The molecule has 0 fully saturated rings. The Balaban J connectivity index is 2.16. The summed E-state index contributed by atoms with van der Waals surface area (Å²) in [4.78, 5) is 12.3. The number of benzene rings is 2. The molecule has 2 rings (SSSR count). The zero-order chi connectivity index (χ0) is 18.4. The highest BCUT2D eigenvalue weighted by Gasteiger charge is 2.13. The zero-order valence-corrected chi connectivity index (χ0v) is 15.1. The molecule has 0 bridgehead atoms. The van der Waals surface area contributed by atoms with Gasteiger partial charge >= 0.3 is 6.61 Å². The summed E-state index contributed by atoms with van der Waals surface area (Å²) in [5.41, 5.74) is 0.736. The lowest BCUT2D eigenvalue weighted by atomic mass is 10.1. The fourth-order valence-corrected chi connectivity index (χ4v) is 2.52. The topological polar surface area (TPSA) is 56.8 Å². The zero-order valence-electron chi connectivity index (χ0n) is 13.5. The summed E-state index contributed by atoms with van der Waals surface area (Å²) in [5, 5.41) is 2.66. The Bertz CT molecular complexity index is 733. The first-order chi connectivity index (χ1) is 11.9. The van der Waals surface area contributed by atoms with Crippen LogP contribution in [-0.2, 0) is 6.54 Å². The molecule has 0 saturated heterocycles. The molecular formula is C17H16BrF2NO4. The maximum atomic E-state index is 12.5. The number of rotatable bonds is 7. The summed E-state index contributed by atoms with van der Waals surface area (Å²) in [5.74, 6) is 0.532. The Labute approximate surface area is 152 Å². The van der Waals surface area contributed by atoms with Gasteiger partial charge in [-0.25, -0.2) is 0 Å². The fraction of sp³-hybridized carbons (Fsp3) is 0.235. The molecule has 0 aliphatic rings. The van der Waals surface area contributed by atoms with Gasteiger partial charge in [0.2, 0.25) is 0 Å². The van der Waals surface area contributed by atoms with Gasteiger partial charge in [0.05, 0.1) is 14.2 Å². The van der Waals surface area contributed by atoms with E-state index < -0.39 is 12.5 Å². The van der Waals surface area contributed by atoms with Crippen molar-refractivity contribution in [1.82, 2.24) is 5.32 Å². The molecule has 25 heavy (non-hydrogen) atoms. The van der Waals surface area contributed by atoms with Gasteiger partial charge in [-0.3, -0.25) is 4.79 Å². The molecule has 0 heterocycles. The van der Waals surface area contributed by atoms with Gasteiger partial charge in [-0.15, -0.1) is 0 Å². The number of hydrogen-bond donors (Lipinski definition) is 1. The average Bonchev–Trinajstić information content (AvgIpc) is 2.60. The summed E-state index contributed by atoms with van der Waals surface area (Å²) in [6.07, 6.45) is 0. The highest BCUT2D eigenvalue weighted by atomic mass is 79.9. The summed E-state index contributed by atoms with van der Waals surface area (Å²) in [6.45, 7) is -2.93. The van der Waals surface area contributed by atoms with Crippen molar-refractivity contribution in [2.75, 3.05) is 14.2 Å². The lowest BCUT2D eigenvalue weighted by molar-refractivity contribution is -0.0504. The lowest BCUT2D eigenvalue weighted by Gasteiger charge is -2.13. The van der Waals surface area contributed by atoms with Gasteiger partial charge in [-0.2, -0.15) is 8.78 Å². The molecule has 1 amide bonds. The van der Waals surface area contributed by atoms with Gasteiger partial charge in [0.25, 0.3) is 5.91 Å². The Kier molecular flexibility index (Phi) is 6.58. The van der Waals surface area contributed by atoms with Crippen molar-refractivity contribution in [3.05, 3.63) is 52.0 Å². The van der Waals surface area contributed by atoms with Crippen LogP contribution < -0.4 is 19.5 Å². The predicted octanol–water partition coefficient (Wildman–Crippen LogP) is 4.00. The van der Waals surface area contributed by atoms with Crippen molar-refractivity contribution in [2.45, 2.75) is 13.2 Å². The van der Waals surface area contributed by atoms with Crippen LogP contribution >= 0.6 is 15.9 Å². The first kappa shape index (κ1) is 19.0. The van der Waals surface area contributed by atoms with Crippen molar-refractivity contribution in [3.63, 3.8) is 0 Å². The number of carbonyl (C=O) groups excluding carboxylic acids is 1. The molecule has 134 valence electrons. The van der Waals surface area contributed by atoms with E-state index in [0.717, 1.165) is 0 Å². The third-order valence-corrected chi connectivity index (χ3v) is 3.78. The van der Waals surface area contributed by atoms with Gasteiger partial charge in [0.15, 0.2) is 0 Å². The minimum absolute atomic E-state index is 0.00160. The van der Waals surface area contributed by atoms with Crippen LogP contribution in [0.5, 0.6) is 17.2 Å². The predicted molar refractivity (Wildman–Crippen MR) is 91.5 cm³/mol. The number of amides is 1. The normalized spacial score (nSPS) is 10.5. The molecule has 8 heteroatoms. The van der Waals surface area contributed by atoms with E-state index in [0.29, 0.717) is 27.1 Å². The largest absolute Gasteiger partial charge is 0.497 e. The van der Waals surface area contributed by atoms with Gasteiger partial charge in [0.1, 0.15) is 17.2 Å². The van der Waals surface area contributed by atoms with Crippen LogP contribution in [0, 0.1) is 0 Å². The van der Waals surface area contributed by atoms with Gasteiger partial charge in [-0.05, 0) is 30.3 Å². The minimum Gasteiger partial charge on any atom is -0.497 e. The van der Waals surface area contributed by atoms with Gasteiger partial charge in [-0.1, -0.05) is 15.9 Å². The maximum Gasteiger partial charge on any atom is 0.387 e. The van der Waals surface area contributed by atoms with Crippen LogP contribution in [0.2, 0.25) is 0 Å². The van der Waals surface area contributed by atoms with Crippen LogP contribution in [0.4, 0.5) is 8.78 Å². The SMILES string of the molecule is COc1cc(OC)cc(C(=O)NCc2cc(Br)ccc2OC(F)F)c1. The molecule has 0 aliphatic heterocycles. The molecule has 0 aliphatic carbocycles. The standard InChI is InChI=1S/C17H16BrF2NO4/c1-23-13-6-10(7-14(8-13)24-2)16(22)21-9-11-5-12(18)3-4-15(11)25-17(19)20/h3-8,17H,9H2,1-2H3,(H,21,22). The third kappa shape index (κ3) is 5.32. The van der Waals surface area contributed by atoms with Crippen LogP contribution in [0.1, 0.15) is 15.9 Å². The van der Waals surface area contributed by atoms with Crippen molar-refractivity contribution < 1.29 is 27.8 Å². The van der Waals surface area contributed by atoms with E-state index >= 15 is 0 Å². The fourth-order valence-electron chi connectivity index (χ4n) is 2.11. The van der Waals surface area contributed by atoms with Gasteiger partial charge < -0.3 is 19.5 Å². The molecule has 0 unspecified atom stereocenters. The monoisotopic (exact) mass is 415 g/mol. The molecule has 0 aromatic heterocycles. The van der Waals surface area contributed by atoms with E-state index in [1.807, 2.05) is 0 Å². The molecule has 0 atom stereocenters. The molecular weight excluding hydrogens is 400 g/mol. The number of methoxy groups -OCH3 is 2. The smallest absolute Gasteiger partial charge is 0.387 e. The number of ether oxygens (including phenoxy) is 3. The lowest BCUT2D eigenvalue weighted by Crippen LogP contribution is -2.23. The van der Waals surface area contributed by atoms with Crippen molar-refractivity contribution in [2.24, 2.45) is 0 Å². The van der Waals surface area contributed by atoms with E-state index in [2.05, 4.69) is 26.0 Å². The van der Waals surface area contributed by atoms with E-state index in [1.165, 1.54) is 20.3 Å². The van der Waals surface area contributed by atoms with Crippen LogP contribution in [0.25, 0.3) is 0 Å². The highest BCUT2D eigenvalue weighted by Crippen LogP contribution is 2.25. The number of hydrogen-bond acceptors (Lipinski definition) is 4. The van der Waals surface area contributed by atoms with Crippen LogP contribution in [-0.4, -0.2) is 26.7 Å². The summed E-state index contributed by atoms with van der Waals surface area (Å²) >= 11 is 3.26. The van der Waals surface area contributed by atoms with E-state index in [4.69, 9.17) is 9.47 Å². The van der Waals surface area contributed by atoms with Crippen molar-refractivity contribution >= 4 is 21.8 Å². The van der Waals surface area contributed by atoms with E-state index in [-0.39, 0.29) is 12.3 Å². The van der Waals surface area contributed by atoms with Crippen molar-refractivity contribution in [1.29, 1.82) is 0 Å². The number of halogens is 3. The molecule has 0 spiro atoms. The molecule has 2 aromatic rings. The molecule has 2 aromatic carbocycles. The first-order valence-corrected chi connectivity index (χ1v) is 7.96. The van der Waals surface area contributed by atoms with E-state index in [9.17, 15) is 13.6 Å². The Morgan fingerprint density at radius 1 is 1.12 bits per heavy atom. The van der Waals surface area contributed by atoms with E-state index in [1.54, 1.807) is 30.3 Å². The summed E-state index contributed by atoms with van der Waals surface area (Å²) < 4.78 is 40.4. The van der Waals surface area contributed by atoms with Crippen molar-refractivity contribution in [3.8, 4) is 17.2 Å². The summed E-state index contributed by atoms with van der Waals surface area (Å²) in [7, 11) is 2.96. The Morgan fingerprint density at radius 3 is 2.32 bits per heavy atom. The quantitative estimate of drug-likeness (QED) is 0.742. The second-order valence-corrected chi connectivity index (χ2v) is 5.83. The molecule has 1 N–H and O–H groups in total. The first-order valence-electron chi connectivity index (χ1n) is 7.17. The molecule has 0 radical (unpaired) electrons. The minimum atomic E-state index is -2.95. The second-order valence-electron chi connectivity index (χ2n) is 4.91. The third-order valence-electron chi connectivity index (χ3n) is 3.29. The van der Waals surface area contributed by atoms with Crippen LogP contribution in [0.15, 0.2) is 40.9 Å². The Morgan fingerprint density at radius 2 is 1.76 bits per heavy atom. The summed E-state index contributed by atoms with van der Waals surface area (Å²) in [6, 6.07) is 9.33. The maximum absolute atomic E-state index is 12.5. The number of carbonyl (C=O) groups is 1.